The smallest absolute Gasteiger partial charge is 0.357 e. The molecule has 0 bridgehead atoms. The van der Waals surface area contributed by atoms with Crippen LogP contribution < -0.4 is 4.74 Å². The molecule has 0 fully saturated rings. The van der Waals surface area contributed by atoms with Gasteiger partial charge in [-0.25, -0.2) is 18.6 Å². The van der Waals surface area contributed by atoms with E-state index in [-0.39, 0.29) is 24.8 Å². The largest absolute Gasteiger partial charge is 0.487 e. The van der Waals surface area contributed by atoms with Gasteiger partial charge < -0.3 is 14.4 Å². The number of hydrogen-bond donors (Lipinski definition) is 0. The number of carbonyl (C=O) groups is 2. The molecule has 0 saturated carbocycles. The van der Waals surface area contributed by atoms with Crippen LogP contribution in [0.5, 0.6) is 5.75 Å². The maximum atomic E-state index is 12.7. The second-order valence-electron chi connectivity index (χ2n) is 6.37. The Balaban J connectivity index is 1.75. The summed E-state index contributed by atoms with van der Waals surface area (Å²) in [6.07, 6.45) is -1.12. The van der Waals surface area contributed by atoms with Crippen LogP contribution in [0.4, 0.5) is 8.78 Å². The van der Waals surface area contributed by atoms with Crippen LogP contribution in [0.2, 0.25) is 0 Å². The highest BCUT2D eigenvalue weighted by atomic mass is 19.3. The first-order valence-corrected chi connectivity index (χ1v) is 8.85. The lowest BCUT2D eigenvalue weighted by atomic mass is 10.1. The molecule has 0 spiro atoms. The van der Waals surface area contributed by atoms with Gasteiger partial charge in [0, 0.05) is 30.4 Å². The van der Waals surface area contributed by atoms with Gasteiger partial charge in [0.2, 0.25) is 0 Å². The number of rotatable bonds is 7. The number of aromatic nitrogens is 1. The maximum Gasteiger partial charge on any atom is 0.357 e. The first-order chi connectivity index (χ1) is 13.4. The summed E-state index contributed by atoms with van der Waals surface area (Å²) < 4.78 is 34.7. The number of esters is 1. The van der Waals surface area contributed by atoms with Crippen molar-refractivity contribution < 1.29 is 27.8 Å². The van der Waals surface area contributed by atoms with Crippen LogP contribution in [0, 0.1) is 6.92 Å². The molecule has 1 aliphatic heterocycles. The molecule has 2 heterocycles. The van der Waals surface area contributed by atoms with Crippen molar-refractivity contribution in [3.63, 3.8) is 0 Å². The summed E-state index contributed by atoms with van der Waals surface area (Å²) in [5, 5.41) is 0. The quantitative estimate of drug-likeness (QED) is 0.678. The summed E-state index contributed by atoms with van der Waals surface area (Å²) in [4.78, 5) is 30.5. The highest BCUT2D eigenvalue weighted by Crippen LogP contribution is 2.28. The molecule has 1 amide bonds. The Kier molecular flexibility index (Phi) is 5.87. The summed E-state index contributed by atoms with van der Waals surface area (Å²) >= 11 is 0. The Hall–Kier alpha value is -3.03. The molecular formula is C20H20F2N2O4. The molecular weight excluding hydrogens is 370 g/mol. The number of nitrogens with zero attached hydrogens (tertiary/aromatic N) is 2. The average molecular weight is 390 g/mol. The average Bonchev–Trinajstić information content (AvgIpc) is 2.97. The monoisotopic (exact) mass is 390 g/mol. The van der Waals surface area contributed by atoms with Crippen molar-refractivity contribution in [2.24, 2.45) is 0 Å². The lowest BCUT2D eigenvalue weighted by Gasteiger charge is -2.17. The van der Waals surface area contributed by atoms with Crippen LogP contribution >= 0.6 is 0 Å². The number of benzene rings is 1. The highest BCUT2D eigenvalue weighted by Gasteiger charge is 2.32. The Labute approximate surface area is 161 Å². The van der Waals surface area contributed by atoms with Gasteiger partial charge in [-0.05, 0) is 37.1 Å². The minimum absolute atomic E-state index is 0.155. The van der Waals surface area contributed by atoms with Crippen molar-refractivity contribution in [3.8, 4) is 5.75 Å². The van der Waals surface area contributed by atoms with E-state index in [2.05, 4.69) is 4.98 Å². The second-order valence-corrected chi connectivity index (χ2v) is 6.37. The fourth-order valence-electron chi connectivity index (χ4n) is 3.13. The Morgan fingerprint density at radius 2 is 2.11 bits per heavy atom. The molecule has 0 radical (unpaired) electrons. The Morgan fingerprint density at radius 1 is 1.32 bits per heavy atom. The molecule has 8 heteroatoms. The fraction of sp³-hybridized carbons (Fsp3) is 0.350. The summed E-state index contributed by atoms with van der Waals surface area (Å²) in [7, 11) is 0. The van der Waals surface area contributed by atoms with E-state index in [4.69, 9.17) is 9.47 Å². The molecule has 1 aromatic carbocycles. The van der Waals surface area contributed by atoms with Gasteiger partial charge in [-0.15, -0.1) is 0 Å². The van der Waals surface area contributed by atoms with Crippen LogP contribution in [0.15, 0.2) is 30.5 Å². The number of amides is 1. The van der Waals surface area contributed by atoms with Crippen molar-refractivity contribution in [1.82, 2.24) is 9.88 Å². The van der Waals surface area contributed by atoms with Gasteiger partial charge >= 0.3 is 5.97 Å². The van der Waals surface area contributed by atoms with Crippen LogP contribution in [0.1, 0.15) is 44.5 Å². The zero-order valence-corrected chi connectivity index (χ0v) is 15.6. The number of halogens is 2. The molecule has 0 atom stereocenters. The number of hydrogen-bond acceptors (Lipinski definition) is 5. The van der Waals surface area contributed by atoms with Gasteiger partial charge in [0.25, 0.3) is 12.3 Å². The van der Waals surface area contributed by atoms with E-state index in [0.29, 0.717) is 29.0 Å². The number of fused-ring (bicyclic) bond motifs is 1. The van der Waals surface area contributed by atoms with E-state index in [1.54, 1.807) is 43.0 Å². The molecule has 0 saturated heterocycles. The summed E-state index contributed by atoms with van der Waals surface area (Å²) in [5.41, 5.74) is 2.68. The van der Waals surface area contributed by atoms with E-state index in [1.165, 1.54) is 6.20 Å². The van der Waals surface area contributed by atoms with Gasteiger partial charge in [0.05, 0.1) is 6.61 Å². The number of ether oxygens (including phenoxy) is 2. The standard InChI is InChI=1S/C20H20F2N2O4/c1-3-27-20(26)18-15-10-24(19(25)14(15)6-7-23-18)9-13-4-5-16(12(2)8-13)28-11-17(21)22/h4-8,17H,3,9-11H2,1-2H3. The Morgan fingerprint density at radius 3 is 2.79 bits per heavy atom. The molecule has 1 aliphatic rings. The number of carbonyl (C=O) groups excluding carboxylic acids is 2. The van der Waals surface area contributed by atoms with Crippen LogP contribution in [-0.2, 0) is 17.8 Å². The van der Waals surface area contributed by atoms with E-state index < -0.39 is 19.0 Å². The molecule has 2 aromatic rings. The number of alkyl halides is 2. The number of aryl methyl sites for hydroxylation is 1. The van der Waals surface area contributed by atoms with Gasteiger partial charge in [-0.3, -0.25) is 4.79 Å². The minimum Gasteiger partial charge on any atom is -0.487 e. The highest BCUT2D eigenvalue weighted by molar-refractivity contribution is 6.02. The van der Waals surface area contributed by atoms with Gasteiger partial charge in [-0.1, -0.05) is 12.1 Å². The SMILES string of the molecule is CCOC(=O)c1nccc2c1CN(Cc1ccc(OCC(F)F)c(C)c1)C2=O. The van der Waals surface area contributed by atoms with Crippen LogP contribution in [0.3, 0.4) is 0 Å². The van der Waals surface area contributed by atoms with Gasteiger partial charge in [0.1, 0.15) is 12.4 Å². The van der Waals surface area contributed by atoms with Crippen molar-refractivity contribution in [2.45, 2.75) is 33.4 Å². The van der Waals surface area contributed by atoms with E-state index in [1.807, 2.05) is 0 Å². The third-order valence-corrected chi connectivity index (χ3v) is 4.37. The minimum atomic E-state index is -2.54. The molecule has 3 rings (SSSR count). The zero-order chi connectivity index (χ0) is 20.3. The van der Waals surface area contributed by atoms with E-state index in [9.17, 15) is 18.4 Å². The van der Waals surface area contributed by atoms with E-state index in [0.717, 1.165) is 5.56 Å². The first kappa shape index (κ1) is 19.7. The van der Waals surface area contributed by atoms with E-state index >= 15 is 0 Å². The zero-order valence-electron chi connectivity index (χ0n) is 15.6. The number of pyridine rings is 1. The summed E-state index contributed by atoms with van der Waals surface area (Å²) in [6, 6.07) is 6.73. The van der Waals surface area contributed by atoms with Crippen molar-refractivity contribution in [1.29, 1.82) is 0 Å². The first-order valence-electron chi connectivity index (χ1n) is 8.85. The molecule has 1 aromatic heterocycles. The van der Waals surface area contributed by atoms with Gasteiger partial charge in [0.15, 0.2) is 5.69 Å². The van der Waals surface area contributed by atoms with Crippen LogP contribution in [0.25, 0.3) is 0 Å². The third kappa shape index (κ3) is 4.11. The predicted molar refractivity (Wildman–Crippen MR) is 96.4 cm³/mol. The fourth-order valence-corrected chi connectivity index (χ4v) is 3.13. The lowest BCUT2D eigenvalue weighted by molar-refractivity contribution is 0.0516. The lowest BCUT2D eigenvalue weighted by Crippen LogP contribution is -2.23. The topological polar surface area (TPSA) is 68.7 Å². The molecule has 28 heavy (non-hydrogen) atoms. The van der Waals surface area contributed by atoms with Crippen molar-refractivity contribution in [3.05, 3.63) is 58.4 Å². The normalized spacial score (nSPS) is 13.0. The molecule has 0 N–H and O–H groups in total. The summed E-state index contributed by atoms with van der Waals surface area (Å²) in [6.45, 7) is 3.58. The van der Waals surface area contributed by atoms with Crippen molar-refractivity contribution >= 4 is 11.9 Å². The molecule has 0 unspecified atom stereocenters. The molecule has 6 nitrogen and oxygen atoms in total. The van der Waals surface area contributed by atoms with Crippen molar-refractivity contribution in [2.75, 3.05) is 13.2 Å². The summed E-state index contributed by atoms with van der Waals surface area (Å²) in [5.74, 6) is -0.363. The predicted octanol–water partition coefficient (Wildman–Crippen LogP) is 3.37. The van der Waals surface area contributed by atoms with Gasteiger partial charge in [-0.2, -0.15) is 0 Å². The second kappa shape index (κ2) is 8.33. The Bertz CT molecular complexity index is 902. The maximum absolute atomic E-state index is 12.7. The molecule has 148 valence electrons. The molecule has 0 aliphatic carbocycles. The third-order valence-electron chi connectivity index (χ3n) is 4.37. The van der Waals surface area contributed by atoms with Crippen LogP contribution in [-0.4, -0.2) is 41.4 Å².